The number of rotatable bonds is 4. The van der Waals surface area contributed by atoms with Crippen molar-refractivity contribution in [3.8, 4) is 0 Å². The van der Waals surface area contributed by atoms with Gasteiger partial charge in [0.2, 0.25) is 0 Å². The summed E-state index contributed by atoms with van der Waals surface area (Å²) in [5, 5.41) is 3.26. The maximum atomic E-state index is 5.88. The molecule has 0 saturated carbocycles. The van der Waals surface area contributed by atoms with Gasteiger partial charge < -0.3 is 5.73 Å². The van der Waals surface area contributed by atoms with Crippen LogP contribution in [0.4, 0.5) is 0 Å². The zero-order valence-electron chi connectivity index (χ0n) is 9.70. The zero-order chi connectivity index (χ0) is 12.2. The first-order valence-electron chi connectivity index (χ1n) is 4.99. The molecule has 88 valence electrons. The van der Waals surface area contributed by atoms with Crippen molar-refractivity contribution in [3.63, 3.8) is 0 Å². The van der Waals surface area contributed by atoms with Gasteiger partial charge in [0.15, 0.2) is 0 Å². The van der Waals surface area contributed by atoms with E-state index in [0.29, 0.717) is 11.7 Å². The molecule has 0 saturated heterocycles. The lowest BCUT2D eigenvalue weighted by molar-refractivity contribution is 0.586. The summed E-state index contributed by atoms with van der Waals surface area (Å²) < 4.78 is 0. The molecule has 1 heterocycles. The van der Waals surface area contributed by atoms with Gasteiger partial charge in [-0.05, 0) is 19.4 Å². The molecular weight excluding hydrogens is 242 g/mol. The molecule has 0 aliphatic heterocycles. The number of nitrogens with zero attached hydrogens (tertiary/aromatic N) is 2. The van der Waals surface area contributed by atoms with E-state index in [1.54, 1.807) is 7.05 Å². The van der Waals surface area contributed by atoms with Gasteiger partial charge in [0.05, 0.1) is 5.41 Å². The average Bonchev–Trinajstić information content (AvgIpc) is 2.72. The third-order valence-electron chi connectivity index (χ3n) is 2.57. The van der Waals surface area contributed by atoms with Crippen LogP contribution < -0.4 is 5.73 Å². The first kappa shape index (κ1) is 13.4. The van der Waals surface area contributed by atoms with E-state index in [2.05, 4.69) is 16.9 Å². The highest BCUT2D eigenvalue weighted by Crippen LogP contribution is 2.33. The molecule has 1 atom stereocenters. The molecule has 2 N–H and O–H groups in total. The van der Waals surface area contributed by atoms with E-state index in [1.807, 2.05) is 24.6 Å². The van der Waals surface area contributed by atoms with Gasteiger partial charge in [0, 0.05) is 25.2 Å². The number of thiazole rings is 1. The summed E-state index contributed by atoms with van der Waals surface area (Å²) >= 11 is 7.38. The van der Waals surface area contributed by atoms with Gasteiger partial charge >= 0.3 is 0 Å². The molecular formula is C11H16ClN3S. The first-order chi connectivity index (χ1) is 7.58. The molecule has 1 rings (SSSR count). The van der Waals surface area contributed by atoms with E-state index < -0.39 is 0 Å². The Labute approximate surface area is 105 Å². The third kappa shape index (κ3) is 2.51. The number of hydrogen-bond donors (Lipinski definition) is 1. The Morgan fingerprint density at radius 1 is 1.75 bits per heavy atom. The molecule has 0 aliphatic rings. The Morgan fingerprint density at radius 2 is 2.44 bits per heavy atom. The monoisotopic (exact) mass is 257 g/mol. The van der Waals surface area contributed by atoms with Gasteiger partial charge in [-0.2, -0.15) is 0 Å². The van der Waals surface area contributed by atoms with E-state index in [9.17, 15) is 0 Å². The molecule has 0 amide bonds. The van der Waals surface area contributed by atoms with Crippen LogP contribution >= 0.6 is 22.9 Å². The van der Waals surface area contributed by atoms with Crippen molar-refractivity contribution >= 4 is 29.2 Å². The maximum absolute atomic E-state index is 5.88. The molecule has 5 heteroatoms. The predicted molar refractivity (Wildman–Crippen MR) is 71.7 cm³/mol. The molecule has 0 spiro atoms. The summed E-state index contributed by atoms with van der Waals surface area (Å²) in [5.74, 6) is 0. The molecule has 1 aromatic heterocycles. The van der Waals surface area contributed by atoms with Crippen molar-refractivity contribution in [3.05, 3.63) is 27.2 Å². The van der Waals surface area contributed by atoms with Gasteiger partial charge in [-0.25, -0.2) is 4.98 Å². The summed E-state index contributed by atoms with van der Waals surface area (Å²) in [6, 6.07) is 0. The summed E-state index contributed by atoms with van der Waals surface area (Å²) in [4.78, 5) is 8.35. The summed E-state index contributed by atoms with van der Waals surface area (Å²) in [5.41, 5.74) is 6.62. The molecule has 0 aromatic carbocycles. The number of nitrogens with two attached hydrogens (primary N) is 1. The highest BCUT2D eigenvalue weighted by Gasteiger charge is 2.31. The van der Waals surface area contributed by atoms with Crippen LogP contribution in [0, 0.1) is 0 Å². The molecule has 0 fully saturated rings. The fraction of sp³-hybridized carbons (Fsp3) is 0.455. The first-order valence-corrected chi connectivity index (χ1v) is 6.24. The number of aliphatic imine (C=N–C) groups is 1. The SMILES string of the molecule is C/C=C(\C=NC)C(C)(CN)c1nc(Cl)cs1. The summed E-state index contributed by atoms with van der Waals surface area (Å²) in [6.45, 7) is 4.50. The molecule has 1 aromatic rings. The van der Waals surface area contributed by atoms with Gasteiger partial charge in [-0.3, -0.25) is 4.99 Å². The fourth-order valence-corrected chi connectivity index (χ4v) is 2.65. The van der Waals surface area contributed by atoms with Crippen LogP contribution in [0.1, 0.15) is 18.9 Å². The minimum atomic E-state index is -0.313. The predicted octanol–water partition coefficient (Wildman–Crippen LogP) is 2.66. The largest absolute Gasteiger partial charge is 0.329 e. The molecule has 3 nitrogen and oxygen atoms in total. The van der Waals surface area contributed by atoms with Crippen molar-refractivity contribution in [2.75, 3.05) is 13.6 Å². The van der Waals surface area contributed by atoms with E-state index in [4.69, 9.17) is 17.3 Å². The van der Waals surface area contributed by atoms with Crippen molar-refractivity contribution < 1.29 is 0 Å². The summed E-state index contributed by atoms with van der Waals surface area (Å²) in [7, 11) is 1.75. The maximum Gasteiger partial charge on any atom is 0.140 e. The van der Waals surface area contributed by atoms with Crippen molar-refractivity contribution in [1.82, 2.24) is 4.98 Å². The van der Waals surface area contributed by atoms with Crippen LogP contribution in [-0.2, 0) is 5.41 Å². The number of aromatic nitrogens is 1. The third-order valence-corrected chi connectivity index (χ3v) is 4.00. The Hall–Kier alpha value is -0.710. The van der Waals surface area contributed by atoms with E-state index in [-0.39, 0.29) is 5.41 Å². The van der Waals surface area contributed by atoms with Crippen molar-refractivity contribution in [1.29, 1.82) is 0 Å². The topological polar surface area (TPSA) is 51.3 Å². The smallest absolute Gasteiger partial charge is 0.140 e. The normalized spacial score (nSPS) is 16.7. The Balaban J connectivity index is 3.20. The Morgan fingerprint density at radius 3 is 2.81 bits per heavy atom. The van der Waals surface area contributed by atoms with Crippen LogP contribution in [0.3, 0.4) is 0 Å². The Kier molecular flexibility index (Phi) is 4.65. The lowest BCUT2D eigenvalue weighted by Gasteiger charge is -2.26. The summed E-state index contributed by atoms with van der Waals surface area (Å²) in [6.07, 6.45) is 3.83. The Bertz CT molecular complexity index is 411. The van der Waals surface area contributed by atoms with Gasteiger partial charge in [-0.15, -0.1) is 11.3 Å². The van der Waals surface area contributed by atoms with Gasteiger partial charge in [-0.1, -0.05) is 17.7 Å². The van der Waals surface area contributed by atoms with Crippen LogP contribution in [0.2, 0.25) is 5.15 Å². The number of halogens is 1. The molecule has 16 heavy (non-hydrogen) atoms. The van der Waals surface area contributed by atoms with Crippen LogP contribution in [0.5, 0.6) is 0 Å². The highest BCUT2D eigenvalue weighted by molar-refractivity contribution is 7.10. The lowest BCUT2D eigenvalue weighted by atomic mass is 9.83. The van der Waals surface area contributed by atoms with Crippen LogP contribution in [0.15, 0.2) is 22.0 Å². The van der Waals surface area contributed by atoms with Crippen LogP contribution in [0.25, 0.3) is 0 Å². The van der Waals surface area contributed by atoms with Crippen LogP contribution in [-0.4, -0.2) is 24.8 Å². The zero-order valence-corrected chi connectivity index (χ0v) is 11.3. The van der Waals surface area contributed by atoms with E-state index >= 15 is 0 Å². The van der Waals surface area contributed by atoms with E-state index in [1.165, 1.54) is 11.3 Å². The molecule has 0 radical (unpaired) electrons. The molecule has 0 bridgehead atoms. The second kappa shape index (κ2) is 5.57. The minimum absolute atomic E-state index is 0.313. The van der Waals surface area contributed by atoms with E-state index in [0.717, 1.165) is 10.6 Å². The quantitative estimate of drug-likeness (QED) is 0.843. The second-order valence-electron chi connectivity index (χ2n) is 3.64. The number of allylic oxidation sites excluding steroid dienone is 1. The van der Waals surface area contributed by atoms with Gasteiger partial charge in [0.25, 0.3) is 0 Å². The van der Waals surface area contributed by atoms with Gasteiger partial charge in [0.1, 0.15) is 10.2 Å². The highest BCUT2D eigenvalue weighted by atomic mass is 35.5. The average molecular weight is 258 g/mol. The molecule has 0 aliphatic carbocycles. The second-order valence-corrected chi connectivity index (χ2v) is 4.89. The lowest BCUT2D eigenvalue weighted by Crippen LogP contribution is -2.34. The van der Waals surface area contributed by atoms with Crippen molar-refractivity contribution in [2.45, 2.75) is 19.3 Å². The molecule has 1 unspecified atom stereocenters. The van der Waals surface area contributed by atoms with Crippen molar-refractivity contribution in [2.24, 2.45) is 10.7 Å². The number of hydrogen-bond acceptors (Lipinski definition) is 4. The minimum Gasteiger partial charge on any atom is -0.329 e. The standard InChI is InChI=1S/C11H16ClN3S/c1-4-8(5-14-3)11(2,7-13)10-15-9(12)6-16-10/h4-6H,7,13H2,1-3H3/b8-4+,14-5?. The fourth-order valence-electron chi connectivity index (χ4n) is 1.51.